The van der Waals surface area contributed by atoms with Gasteiger partial charge in [0.05, 0.1) is 11.0 Å². The summed E-state index contributed by atoms with van der Waals surface area (Å²) in [6, 6.07) is 50.9. The largest absolute Gasteiger partial charge is 0.309 e. The molecule has 0 fully saturated rings. The van der Waals surface area contributed by atoms with E-state index in [1.165, 1.54) is 53.3 Å². The topological polar surface area (TPSA) is 4.93 Å². The molecular weight excluding hydrogens is 757 g/mol. The molecule has 6 aromatic carbocycles. The Labute approximate surface area is 278 Å². The highest BCUT2D eigenvalue weighted by molar-refractivity contribution is 14.1. The minimum absolute atomic E-state index is 0. The Morgan fingerprint density at radius 3 is 1.81 bits per heavy atom. The summed E-state index contributed by atoms with van der Waals surface area (Å²) in [6.45, 7) is 0. The number of para-hydroxylation sites is 2. The summed E-state index contributed by atoms with van der Waals surface area (Å²) in [5, 5.41) is 2.56. The highest BCUT2D eigenvalue weighted by Crippen LogP contribution is 2.37. The molecule has 0 amide bonds. The molecule has 8 rings (SSSR count). The van der Waals surface area contributed by atoms with Crippen molar-refractivity contribution >= 4 is 76.3 Å². The highest BCUT2D eigenvalue weighted by atomic mass is 127. The lowest BCUT2D eigenvalue weighted by Crippen LogP contribution is -1.92. The van der Waals surface area contributed by atoms with Crippen molar-refractivity contribution in [2.45, 2.75) is 13.8 Å². The van der Waals surface area contributed by atoms with Gasteiger partial charge in [0.1, 0.15) is 0 Å². The number of hydrogen-bond acceptors (Lipinski definition) is 0. The van der Waals surface area contributed by atoms with E-state index in [1.807, 2.05) is 24.3 Å². The Hall–Kier alpha value is -3.19. The summed E-state index contributed by atoms with van der Waals surface area (Å²) >= 11 is 9.37. The Bertz CT molecular complexity index is 1950. The van der Waals surface area contributed by atoms with Crippen LogP contribution in [0.15, 0.2) is 155 Å². The van der Waals surface area contributed by atoms with Gasteiger partial charge in [-0.05, 0) is 112 Å². The second-order valence-corrected chi connectivity index (χ2v) is 12.9. The molecule has 1 heterocycles. The van der Waals surface area contributed by atoms with Crippen molar-refractivity contribution in [3.63, 3.8) is 0 Å². The van der Waals surface area contributed by atoms with Crippen LogP contribution in [0, 0.1) is 3.57 Å². The van der Waals surface area contributed by atoms with Crippen molar-refractivity contribution in [2.75, 3.05) is 0 Å². The van der Waals surface area contributed by atoms with Gasteiger partial charge < -0.3 is 4.57 Å². The van der Waals surface area contributed by atoms with E-state index < -0.39 is 0 Å². The van der Waals surface area contributed by atoms with Crippen LogP contribution in [0.5, 0.6) is 0 Å². The molecular formula is C38H30Br2IN. The van der Waals surface area contributed by atoms with E-state index in [0.29, 0.717) is 0 Å². The Morgan fingerprint density at radius 2 is 1.07 bits per heavy atom. The first-order valence-corrected chi connectivity index (χ1v) is 16.1. The number of halogens is 3. The Morgan fingerprint density at radius 1 is 0.500 bits per heavy atom. The zero-order chi connectivity index (χ0) is 28.2. The van der Waals surface area contributed by atoms with Gasteiger partial charge in [0.25, 0.3) is 0 Å². The van der Waals surface area contributed by atoms with Crippen LogP contribution in [0.25, 0.3) is 38.6 Å². The maximum absolute atomic E-state index is 3.57. The van der Waals surface area contributed by atoms with Crippen LogP contribution in [-0.2, 0) is 6.42 Å². The molecule has 0 bridgehead atoms. The maximum Gasteiger partial charge on any atom is 0.0541 e. The van der Waals surface area contributed by atoms with E-state index in [-0.39, 0.29) is 7.43 Å². The Kier molecular flexibility index (Phi) is 9.99. The van der Waals surface area contributed by atoms with E-state index >= 15 is 0 Å². The summed E-state index contributed by atoms with van der Waals surface area (Å²) in [5.41, 5.74) is 9.34. The van der Waals surface area contributed by atoms with Gasteiger partial charge in [-0.2, -0.15) is 0 Å². The third-order valence-electron chi connectivity index (χ3n) is 7.14. The quantitative estimate of drug-likeness (QED) is 0.146. The van der Waals surface area contributed by atoms with Gasteiger partial charge in [-0.25, -0.2) is 0 Å². The summed E-state index contributed by atoms with van der Waals surface area (Å²) < 4.78 is 5.88. The molecule has 0 unspecified atom stereocenters. The third kappa shape index (κ3) is 6.56. The molecule has 42 heavy (non-hydrogen) atoms. The third-order valence-corrected chi connectivity index (χ3v) is 8.85. The van der Waals surface area contributed by atoms with Gasteiger partial charge >= 0.3 is 0 Å². The number of benzene rings is 6. The summed E-state index contributed by atoms with van der Waals surface area (Å²) in [7, 11) is 0. The molecule has 0 spiro atoms. The second kappa shape index (κ2) is 13.9. The molecule has 0 atom stereocenters. The average molecular weight is 787 g/mol. The van der Waals surface area contributed by atoms with Crippen LogP contribution < -0.4 is 0 Å². The zero-order valence-electron chi connectivity index (χ0n) is 22.1. The molecule has 1 aromatic heterocycles. The second-order valence-electron chi connectivity index (χ2n) is 9.78. The first-order chi connectivity index (χ1) is 20.1. The number of nitrogens with zero attached hydrogens (tertiary/aromatic N) is 1. The summed E-state index contributed by atoms with van der Waals surface area (Å²) in [6.07, 6.45) is 1.08. The van der Waals surface area contributed by atoms with Crippen LogP contribution in [0.2, 0.25) is 0 Å². The van der Waals surface area contributed by atoms with Gasteiger partial charge in [0.2, 0.25) is 0 Å². The van der Waals surface area contributed by atoms with E-state index in [1.54, 1.807) is 0 Å². The smallest absolute Gasteiger partial charge is 0.0541 e. The van der Waals surface area contributed by atoms with Crippen molar-refractivity contribution in [1.29, 1.82) is 0 Å². The maximum atomic E-state index is 3.57. The lowest BCUT2D eigenvalue weighted by Gasteiger charge is -2.07. The van der Waals surface area contributed by atoms with Gasteiger partial charge in [-0.15, -0.1) is 0 Å². The predicted molar refractivity (Wildman–Crippen MR) is 197 cm³/mol. The lowest BCUT2D eigenvalue weighted by molar-refractivity contribution is 1.18. The molecule has 0 aliphatic heterocycles. The number of hydrogen-bond donors (Lipinski definition) is 0. The SMILES string of the molecule is Brc1ccc2c(c1)-c1ccccc1C2.Brc1ccc2c(c1)c1ccccc1n2-c1ccccc1.C.Ic1ccccc1. The van der Waals surface area contributed by atoms with Gasteiger partial charge in [0, 0.05) is 29.0 Å². The van der Waals surface area contributed by atoms with Gasteiger partial charge in [-0.3, -0.25) is 0 Å². The first-order valence-electron chi connectivity index (χ1n) is 13.4. The van der Waals surface area contributed by atoms with Gasteiger partial charge in [-0.1, -0.05) is 124 Å². The minimum atomic E-state index is 0. The summed E-state index contributed by atoms with van der Waals surface area (Å²) in [5.74, 6) is 0. The van der Waals surface area contributed by atoms with Crippen molar-refractivity contribution in [3.8, 4) is 16.8 Å². The van der Waals surface area contributed by atoms with E-state index in [0.717, 1.165) is 15.4 Å². The minimum Gasteiger partial charge on any atom is -0.309 e. The molecule has 0 radical (unpaired) electrons. The fraction of sp³-hybridized carbons (Fsp3) is 0.0526. The monoisotopic (exact) mass is 785 g/mol. The van der Waals surface area contributed by atoms with Crippen molar-refractivity contribution in [3.05, 3.63) is 169 Å². The molecule has 0 saturated carbocycles. The molecule has 0 N–H and O–H groups in total. The molecule has 4 heteroatoms. The molecule has 1 aliphatic rings. The highest BCUT2D eigenvalue weighted by Gasteiger charge is 2.17. The molecule has 1 nitrogen and oxygen atoms in total. The lowest BCUT2D eigenvalue weighted by atomic mass is 10.1. The van der Waals surface area contributed by atoms with Crippen LogP contribution >= 0.6 is 54.5 Å². The van der Waals surface area contributed by atoms with Gasteiger partial charge in [0.15, 0.2) is 0 Å². The van der Waals surface area contributed by atoms with Crippen LogP contribution in [-0.4, -0.2) is 4.57 Å². The van der Waals surface area contributed by atoms with Crippen LogP contribution in [0.3, 0.4) is 0 Å². The van der Waals surface area contributed by atoms with Crippen molar-refractivity contribution in [1.82, 2.24) is 4.57 Å². The fourth-order valence-corrected chi connectivity index (χ4v) is 6.45. The molecule has 208 valence electrons. The molecule has 1 aliphatic carbocycles. The van der Waals surface area contributed by atoms with E-state index in [2.05, 4.69) is 180 Å². The summed E-state index contributed by atoms with van der Waals surface area (Å²) in [4.78, 5) is 0. The Balaban J connectivity index is 0.000000139. The number of fused-ring (bicyclic) bond motifs is 6. The predicted octanol–water partition coefficient (Wildman–Crippen LogP) is 12.5. The molecule has 7 aromatic rings. The molecule has 0 saturated heterocycles. The average Bonchev–Trinajstić information content (AvgIpc) is 3.54. The first kappa shape index (κ1) is 30.3. The zero-order valence-corrected chi connectivity index (χ0v) is 27.5. The van der Waals surface area contributed by atoms with Crippen molar-refractivity contribution in [2.24, 2.45) is 0 Å². The standard InChI is InChI=1S/C18H12BrN.C13H9Br.C6H5I.CH4/c19-13-10-11-18-16(12-13)15-8-4-5-9-17(15)20(18)14-6-2-1-3-7-14;14-11-6-5-10-7-9-3-1-2-4-12(9)13(10)8-11;7-6-4-2-1-3-5-6;/h1-12H;1-6,8H,7H2;1-5H;1H4. The normalized spacial score (nSPS) is 10.9. The number of rotatable bonds is 1. The number of aromatic nitrogens is 1. The van der Waals surface area contributed by atoms with Crippen molar-refractivity contribution < 1.29 is 0 Å². The van der Waals surface area contributed by atoms with Crippen LogP contribution in [0.1, 0.15) is 18.6 Å². The van der Waals surface area contributed by atoms with E-state index in [4.69, 9.17) is 0 Å². The van der Waals surface area contributed by atoms with Crippen LogP contribution in [0.4, 0.5) is 0 Å². The van der Waals surface area contributed by atoms with E-state index in [9.17, 15) is 0 Å². The fourth-order valence-electron chi connectivity index (χ4n) is 5.31.